The molecule has 1 rings (SSSR count). The first kappa shape index (κ1) is 10.3. The number of benzene rings is 1. The molecule has 0 aliphatic heterocycles. The van der Waals surface area contributed by atoms with Crippen LogP contribution in [0.2, 0.25) is 0 Å². The van der Waals surface area contributed by atoms with Crippen LogP contribution in [0.1, 0.15) is 11.1 Å². The number of carboxylic acid groups (broad SMARTS) is 1. The highest BCUT2D eigenvalue weighted by molar-refractivity contribution is 9.10. The molecular formula is C10H11BrO2. The molecule has 1 N–H and O–H groups in total. The molecule has 0 saturated heterocycles. The van der Waals surface area contributed by atoms with Gasteiger partial charge >= 0.3 is 5.97 Å². The molecule has 1 aromatic rings. The zero-order chi connectivity index (χ0) is 9.84. The third-order valence-corrected chi connectivity index (χ3v) is 2.48. The summed E-state index contributed by atoms with van der Waals surface area (Å²) in [5.41, 5.74) is 2.20. The summed E-state index contributed by atoms with van der Waals surface area (Å²) in [6.07, 6.45) is 0.525. The van der Waals surface area contributed by atoms with Crippen molar-refractivity contribution in [3.8, 4) is 0 Å². The SMILES string of the molecule is Cc1cccc(C[C@@H](Br)C(=O)O)c1. The van der Waals surface area contributed by atoms with E-state index in [-0.39, 0.29) is 0 Å². The Morgan fingerprint density at radius 3 is 2.85 bits per heavy atom. The Kier molecular flexibility index (Phi) is 3.48. The number of aliphatic carboxylic acids is 1. The lowest BCUT2D eigenvalue weighted by Crippen LogP contribution is -2.15. The van der Waals surface area contributed by atoms with Gasteiger partial charge < -0.3 is 5.11 Å². The topological polar surface area (TPSA) is 37.3 Å². The van der Waals surface area contributed by atoms with Gasteiger partial charge in [-0.3, -0.25) is 4.79 Å². The first-order chi connectivity index (χ1) is 6.09. The molecule has 0 spiro atoms. The fourth-order valence-electron chi connectivity index (χ4n) is 1.13. The van der Waals surface area contributed by atoms with E-state index >= 15 is 0 Å². The number of hydrogen-bond donors (Lipinski definition) is 1. The van der Waals surface area contributed by atoms with Gasteiger partial charge in [-0.05, 0) is 18.9 Å². The zero-order valence-corrected chi connectivity index (χ0v) is 8.91. The smallest absolute Gasteiger partial charge is 0.317 e. The molecule has 0 bridgehead atoms. The molecule has 0 heterocycles. The van der Waals surface area contributed by atoms with Crippen molar-refractivity contribution in [1.29, 1.82) is 0 Å². The van der Waals surface area contributed by atoms with Gasteiger partial charge in [-0.2, -0.15) is 0 Å². The van der Waals surface area contributed by atoms with E-state index in [9.17, 15) is 4.79 Å². The zero-order valence-electron chi connectivity index (χ0n) is 7.33. The molecule has 70 valence electrons. The summed E-state index contributed by atoms with van der Waals surface area (Å²) in [5.74, 6) is -0.818. The third kappa shape index (κ3) is 3.19. The average Bonchev–Trinajstić information content (AvgIpc) is 2.04. The van der Waals surface area contributed by atoms with Crippen LogP contribution in [-0.4, -0.2) is 15.9 Å². The minimum atomic E-state index is -0.818. The maximum Gasteiger partial charge on any atom is 0.317 e. The Balaban J connectivity index is 2.69. The Labute approximate surface area is 85.7 Å². The molecule has 0 aliphatic rings. The lowest BCUT2D eigenvalue weighted by molar-refractivity contribution is -0.136. The maximum atomic E-state index is 10.5. The maximum absolute atomic E-state index is 10.5. The van der Waals surface area contributed by atoms with Crippen LogP contribution in [0.25, 0.3) is 0 Å². The quantitative estimate of drug-likeness (QED) is 0.827. The summed E-state index contributed by atoms with van der Waals surface area (Å²) in [6, 6.07) is 7.86. The number of carboxylic acids is 1. The standard InChI is InChI=1S/C10H11BrO2/c1-7-3-2-4-8(5-7)6-9(11)10(12)13/h2-5,9H,6H2,1H3,(H,12,13)/t9-/m1/s1. The third-order valence-electron chi connectivity index (χ3n) is 1.77. The van der Waals surface area contributed by atoms with Crippen LogP contribution in [-0.2, 0) is 11.2 Å². The van der Waals surface area contributed by atoms with Crippen molar-refractivity contribution in [2.24, 2.45) is 0 Å². The predicted molar refractivity (Wildman–Crippen MR) is 55.2 cm³/mol. The van der Waals surface area contributed by atoms with Crippen LogP contribution >= 0.6 is 15.9 Å². The number of aryl methyl sites for hydroxylation is 1. The van der Waals surface area contributed by atoms with Crippen molar-refractivity contribution in [3.63, 3.8) is 0 Å². The minimum absolute atomic E-state index is 0.491. The molecule has 1 aromatic carbocycles. The van der Waals surface area contributed by atoms with E-state index in [4.69, 9.17) is 5.11 Å². The van der Waals surface area contributed by atoms with Gasteiger partial charge in [0.2, 0.25) is 0 Å². The summed E-state index contributed by atoms with van der Waals surface area (Å²) >= 11 is 3.10. The Hall–Kier alpha value is -0.830. The van der Waals surface area contributed by atoms with Gasteiger partial charge in [-0.15, -0.1) is 0 Å². The highest BCUT2D eigenvalue weighted by Gasteiger charge is 2.12. The number of alkyl halides is 1. The average molecular weight is 243 g/mol. The highest BCUT2D eigenvalue weighted by atomic mass is 79.9. The second kappa shape index (κ2) is 4.42. The van der Waals surface area contributed by atoms with Crippen LogP contribution in [0.5, 0.6) is 0 Å². The van der Waals surface area contributed by atoms with Gasteiger partial charge in [-0.1, -0.05) is 45.8 Å². The van der Waals surface area contributed by atoms with Crippen molar-refractivity contribution >= 4 is 21.9 Å². The lowest BCUT2D eigenvalue weighted by atomic mass is 10.1. The minimum Gasteiger partial charge on any atom is -0.480 e. The summed E-state index contributed by atoms with van der Waals surface area (Å²) in [4.78, 5) is 10.1. The predicted octanol–water partition coefficient (Wildman–Crippen LogP) is 2.39. The van der Waals surface area contributed by atoms with Gasteiger partial charge in [0.25, 0.3) is 0 Å². The molecule has 1 atom stereocenters. The number of hydrogen-bond acceptors (Lipinski definition) is 1. The van der Waals surface area contributed by atoms with Gasteiger partial charge in [0.15, 0.2) is 0 Å². The van der Waals surface area contributed by atoms with Crippen LogP contribution in [0.15, 0.2) is 24.3 Å². The van der Waals surface area contributed by atoms with E-state index in [0.717, 1.165) is 11.1 Å². The molecule has 0 unspecified atom stereocenters. The molecule has 2 nitrogen and oxygen atoms in total. The summed E-state index contributed by atoms with van der Waals surface area (Å²) < 4.78 is 0. The Bertz CT molecular complexity index is 310. The molecule has 0 amide bonds. The normalized spacial score (nSPS) is 12.5. The largest absolute Gasteiger partial charge is 0.480 e. The van der Waals surface area contributed by atoms with Gasteiger partial charge in [0, 0.05) is 0 Å². The second-order valence-electron chi connectivity index (χ2n) is 3.00. The van der Waals surface area contributed by atoms with E-state index in [1.165, 1.54) is 0 Å². The molecule has 13 heavy (non-hydrogen) atoms. The van der Waals surface area contributed by atoms with Crippen LogP contribution < -0.4 is 0 Å². The van der Waals surface area contributed by atoms with E-state index in [1.807, 2.05) is 31.2 Å². The monoisotopic (exact) mass is 242 g/mol. The molecule has 0 saturated carbocycles. The van der Waals surface area contributed by atoms with Crippen molar-refractivity contribution < 1.29 is 9.90 Å². The molecule has 3 heteroatoms. The molecule has 0 aromatic heterocycles. The van der Waals surface area contributed by atoms with Crippen LogP contribution in [0, 0.1) is 6.92 Å². The first-order valence-corrected chi connectivity index (χ1v) is 4.93. The molecule has 0 aliphatic carbocycles. The van der Waals surface area contributed by atoms with Crippen LogP contribution in [0.4, 0.5) is 0 Å². The summed E-state index contributed by atoms with van der Waals surface area (Å²) in [5, 5.41) is 8.67. The first-order valence-electron chi connectivity index (χ1n) is 4.02. The Morgan fingerprint density at radius 2 is 2.31 bits per heavy atom. The molecule has 0 fully saturated rings. The number of halogens is 1. The summed E-state index contributed by atoms with van der Waals surface area (Å²) in [6.45, 7) is 1.99. The van der Waals surface area contributed by atoms with E-state index in [0.29, 0.717) is 6.42 Å². The number of carbonyl (C=O) groups is 1. The molecule has 0 radical (unpaired) electrons. The van der Waals surface area contributed by atoms with Crippen molar-refractivity contribution in [1.82, 2.24) is 0 Å². The van der Waals surface area contributed by atoms with E-state index in [1.54, 1.807) is 0 Å². The fourth-order valence-corrected chi connectivity index (χ4v) is 1.51. The van der Waals surface area contributed by atoms with Gasteiger partial charge in [-0.25, -0.2) is 0 Å². The van der Waals surface area contributed by atoms with E-state index < -0.39 is 10.8 Å². The van der Waals surface area contributed by atoms with Gasteiger partial charge in [0.05, 0.1) is 0 Å². The highest BCUT2D eigenvalue weighted by Crippen LogP contribution is 2.11. The van der Waals surface area contributed by atoms with Crippen molar-refractivity contribution in [2.75, 3.05) is 0 Å². The van der Waals surface area contributed by atoms with Crippen molar-refractivity contribution in [3.05, 3.63) is 35.4 Å². The summed E-state index contributed by atoms with van der Waals surface area (Å²) in [7, 11) is 0. The van der Waals surface area contributed by atoms with Gasteiger partial charge in [0.1, 0.15) is 4.83 Å². The van der Waals surface area contributed by atoms with Crippen molar-refractivity contribution in [2.45, 2.75) is 18.2 Å². The lowest BCUT2D eigenvalue weighted by Gasteiger charge is -2.04. The Morgan fingerprint density at radius 1 is 1.62 bits per heavy atom. The fraction of sp³-hybridized carbons (Fsp3) is 0.300. The van der Waals surface area contributed by atoms with E-state index in [2.05, 4.69) is 15.9 Å². The van der Waals surface area contributed by atoms with Crippen LogP contribution in [0.3, 0.4) is 0 Å². The number of rotatable bonds is 3. The molecular weight excluding hydrogens is 232 g/mol. The second-order valence-corrected chi connectivity index (χ2v) is 4.10.